The maximum absolute atomic E-state index is 5.41. The first-order valence-electron chi connectivity index (χ1n) is 6.71. The van der Waals surface area contributed by atoms with Crippen LogP contribution in [0.5, 0.6) is 0 Å². The molecule has 0 saturated carbocycles. The van der Waals surface area contributed by atoms with E-state index in [-0.39, 0.29) is 5.92 Å². The molecule has 2 aromatic rings. The summed E-state index contributed by atoms with van der Waals surface area (Å²) in [5, 5.41) is 9.43. The van der Waals surface area contributed by atoms with E-state index in [9.17, 15) is 0 Å². The minimum absolute atomic E-state index is 0.242. The predicted molar refractivity (Wildman–Crippen MR) is 76.2 cm³/mol. The largest absolute Gasteiger partial charge is 0.339 e. The van der Waals surface area contributed by atoms with Gasteiger partial charge in [-0.3, -0.25) is 0 Å². The molecule has 5 nitrogen and oxygen atoms in total. The fraction of sp³-hybridized carbons (Fsp3) is 0.615. The van der Waals surface area contributed by atoms with Gasteiger partial charge in [-0.15, -0.1) is 11.3 Å². The van der Waals surface area contributed by atoms with Crippen molar-refractivity contribution in [1.82, 2.24) is 20.4 Å². The van der Waals surface area contributed by atoms with Crippen LogP contribution in [-0.2, 0) is 0 Å². The Labute approximate surface area is 117 Å². The van der Waals surface area contributed by atoms with E-state index in [0.717, 1.165) is 25.1 Å². The van der Waals surface area contributed by atoms with Crippen molar-refractivity contribution in [2.45, 2.75) is 45.6 Å². The third-order valence-electron chi connectivity index (χ3n) is 3.18. The molecule has 0 saturated heterocycles. The summed E-state index contributed by atoms with van der Waals surface area (Å²) in [7, 11) is 0. The van der Waals surface area contributed by atoms with Crippen LogP contribution in [0, 0.1) is 0 Å². The summed E-state index contributed by atoms with van der Waals surface area (Å²) in [4.78, 5) is 8.68. The van der Waals surface area contributed by atoms with Crippen LogP contribution in [0.25, 0.3) is 11.5 Å². The molecule has 0 fully saturated rings. The molecular weight excluding hydrogens is 260 g/mol. The number of aromatic nitrogens is 3. The normalized spacial score (nSPS) is 14.5. The van der Waals surface area contributed by atoms with Gasteiger partial charge in [0.1, 0.15) is 5.69 Å². The average molecular weight is 280 g/mol. The summed E-state index contributed by atoms with van der Waals surface area (Å²) in [5.41, 5.74) is 2.55. The standard InChI is InChI=1S/C13H20N4OS/c1-4-6-14-9(3)10(5-2)13-16-12(17-18-13)11-7-19-8-15-11/h7-10,14H,4-6H2,1-3H3. The second-order valence-corrected chi connectivity index (χ2v) is 5.31. The molecule has 0 bridgehead atoms. The Balaban J connectivity index is 2.11. The second-order valence-electron chi connectivity index (χ2n) is 4.59. The molecule has 0 aromatic carbocycles. The second kappa shape index (κ2) is 6.77. The summed E-state index contributed by atoms with van der Waals surface area (Å²) in [6.45, 7) is 7.47. The van der Waals surface area contributed by atoms with Gasteiger partial charge in [0.15, 0.2) is 0 Å². The molecule has 0 aliphatic rings. The van der Waals surface area contributed by atoms with E-state index >= 15 is 0 Å². The highest BCUT2D eigenvalue weighted by Gasteiger charge is 2.23. The van der Waals surface area contributed by atoms with Crippen LogP contribution < -0.4 is 5.32 Å². The predicted octanol–water partition coefficient (Wildman–Crippen LogP) is 3.07. The third kappa shape index (κ3) is 3.39. The summed E-state index contributed by atoms with van der Waals surface area (Å²) >= 11 is 1.53. The highest BCUT2D eigenvalue weighted by atomic mass is 32.1. The molecule has 0 spiro atoms. The highest BCUT2D eigenvalue weighted by Crippen LogP contribution is 2.24. The van der Waals surface area contributed by atoms with E-state index in [1.165, 1.54) is 11.3 Å². The summed E-state index contributed by atoms with van der Waals surface area (Å²) in [6, 6.07) is 0.327. The minimum Gasteiger partial charge on any atom is -0.339 e. The van der Waals surface area contributed by atoms with Crippen molar-refractivity contribution in [2.24, 2.45) is 0 Å². The topological polar surface area (TPSA) is 63.8 Å². The van der Waals surface area contributed by atoms with Crippen LogP contribution in [-0.4, -0.2) is 27.7 Å². The molecule has 104 valence electrons. The lowest BCUT2D eigenvalue weighted by atomic mass is 9.98. The first-order chi connectivity index (χ1) is 9.26. The molecule has 2 aromatic heterocycles. The molecule has 2 unspecified atom stereocenters. The van der Waals surface area contributed by atoms with Gasteiger partial charge in [0, 0.05) is 11.4 Å². The molecule has 19 heavy (non-hydrogen) atoms. The van der Waals surface area contributed by atoms with E-state index < -0.39 is 0 Å². The fourth-order valence-corrected chi connectivity index (χ4v) is 2.60. The van der Waals surface area contributed by atoms with E-state index in [0.29, 0.717) is 17.8 Å². The van der Waals surface area contributed by atoms with E-state index in [4.69, 9.17) is 4.52 Å². The number of thiazole rings is 1. The van der Waals surface area contributed by atoms with Crippen molar-refractivity contribution < 1.29 is 4.52 Å². The monoisotopic (exact) mass is 280 g/mol. The molecule has 2 heterocycles. The molecule has 2 rings (SSSR count). The van der Waals surface area contributed by atoms with Crippen LogP contribution in [0.4, 0.5) is 0 Å². The zero-order chi connectivity index (χ0) is 13.7. The Morgan fingerprint density at radius 3 is 2.89 bits per heavy atom. The first kappa shape index (κ1) is 14.1. The number of nitrogens with zero attached hydrogens (tertiary/aromatic N) is 3. The van der Waals surface area contributed by atoms with Crippen LogP contribution in [0.2, 0.25) is 0 Å². The van der Waals surface area contributed by atoms with Crippen molar-refractivity contribution in [2.75, 3.05) is 6.54 Å². The van der Waals surface area contributed by atoms with Crippen LogP contribution >= 0.6 is 11.3 Å². The van der Waals surface area contributed by atoms with Gasteiger partial charge < -0.3 is 9.84 Å². The van der Waals surface area contributed by atoms with Gasteiger partial charge >= 0.3 is 0 Å². The number of rotatable bonds is 7. The molecule has 0 amide bonds. The molecule has 6 heteroatoms. The van der Waals surface area contributed by atoms with Crippen molar-refractivity contribution in [1.29, 1.82) is 0 Å². The van der Waals surface area contributed by atoms with Gasteiger partial charge in [0.25, 0.3) is 0 Å². The average Bonchev–Trinajstić information content (AvgIpc) is 3.07. The quantitative estimate of drug-likeness (QED) is 0.844. The van der Waals surface area contributed by atoms with Gasteiger partial charge in [-0.05, 0) is 26.3 Å². The highest BCUT2D eigenvalue weighted by molar-refractivity contribution is 7.07. The maximum atomic E-state index is 5.41. The Morgan fingerprint density at radius 2 is 2.26 bits per heavy atom. The molecular formula is C13H20N4OS. The smallest absolute Gasteiger partial charge is 0.231 e. The van der Waals surface area contributed by atoms with E-state index in [2.05, 4.69) is 41.2 Å². The summed E-state index contributed by atoms with van der Waals surface area (Å²) < 4.78 is 5.41. The molecule has 1 N–H and O–H groups in total. The van der Waals surface area contributed by atoms with Gasteiger partial charge in [-0.1, -0.05) is 19.0 Å². The molecule has 0 radical (unpaired) electrons. The molecule has 2 atom stereocenters. The van der Waals surface area contributed by atoms with Gasteiger partial charge in [0.05, 0.1) is 11.4 Å². The van der Waals surface area contributed by atoms with Crippen LogP contribution in [0.15, 0.2) is 15.4 Å². The first-order valence-corrected chi connectivity index (χ1v) is 7.66. The lowest BCUT2D eigenvalue weighted by Crippen LogP contribution is -2.32. The maximum Gasteiger partial charge on any atom is 0.231 e. The lowest BCUT2D eigenvalue weighted by Gasteiger charge is -2.20. The van der Waals surface area contributed by atoms with Crippen LogP contribution in [0.3, 0.4) is 0 Å². The Morgan fingerprint density at radius 1 is 1.42 bits per heavy atom. The lowest BCUT2D eigenvalue weighted by molar-refractivity contribution is 0.316. The van der Waals surface area contributed by atoms with Crippen molar-refractivity contribution >= 4 is 11.3 Å². The fourth-order valence-electron chi connectivity index (χ4n) is 2.07. The Hall–Kier alpha value is -1.27. The van der Waals surface area contributed by atoms with Crippen molar-refractivity contribution in [3.05, 3.63) is 16.8 Å². The van der Waals surface area contributed by atoms with Crippen LogP contribution in [0.1, 0.15) is 45.4 Å². The SMILES string of the molecule is CCCNC(C)C(CC)c1nc(-c2cscn2)no1. The van der Waals surface area contributed by atoms with Gasteiger partial charge in [0.2, 0.25) is 11.7 Å². The number of nitrogens with one attached hydrogen (secondary N) is 1. The minimum atomic E-state index is 0.242. The zero-order valence-electron chi connectivity index (χ0n) is 11.6. The van der Waals surface area contributed by atoms with E-state index in [1.54, 1.807) is 5.51 Å². The molecule has 0 aliphatic carbocycles. The molecule has 0 aliphatic heterocycles. The van der Waals surface area contributed by atoms with Crippen molar-refractivity contribution in [3.63, 3.8) is 0 Å². The van der Waals surface area contributed by atoms with Gasteiger partial charge in [-0.2, -0.15) is 4.98 Å². The summed E-state index contributed by atoms with van der Waals surface area (Å²) in [5.74, 6) is 1.52. The third-order valence-corrected chi connectivity index (χ3v) is 3.77. The Kier molecular flexibility index (Phi) is 5.04. The zero-order valence-corrected chi connectivity index (χ0v) is 12.4. The Bertz CT molecular complexity index is 483. The van der Waals surface area contributed by atoms with E-state index in [1.807, 2.05) is 5.38 Å². The van der Waals surface area contributed by atoms with Crippen molar-refractivity contribution in [3.8, 4) is 11.5 Å². The summed E-state index contributed by atoms with van der Waals surface area (Å²) in [6.07, 6.45) is 2.09. The number of hydrogen-bond donors (Lipinski definition) is 1. The van der Waals surface area contributed by atoms with Gasteiger partial charge in [-0.25, -0.2) is 4.98 Å². The number of hydrogen-bond acceptors (Lipinski definition) is 6.